The second-order valence-electron chi connectivity index (χ2n) is 7.97. The van der Waals surface area contributed by atoms with Gasteiger partial charge >= 0.3 is 0 Å². The van der Waals surface area contributed by atoms with Crippen molar-refractivity contribution in [1.29, 1.82) is 0 Å². The fraction of sp³-hybridized carbons (Fsp3) is 0.750. The Morgan fingerprint density at radius 2 is 2.00 bits per heavy atom. The predicted octanol–water partition coefficient (Wildman–Crippen LogP) is 3.23. The minimum absolute atomic E-state index is 0.104. The maximum absolute atomic E-state index is 12.7. The van der Waals surface area contributed by atoms with Crippen molar-refractivity contribution in [3.05, 3.63) is 21.4 Å². The second-order valence-corrected chi connectivity index (χ2v) is 9.11. The zero-order chi connectivity index (χ0) is 17.7. The van der Waals surface area contributed by atoms with Gasteiger partial charge in [-0.15, -0.1) is 11.3 Å². The monoisotopic (exact) mass is 364 g/mol. The molecular formula is C20H32N2O2S. The number of rotatable bonds is 7. The third-order valence-electron chi connectivity index (χ3n) is 5.85. The van der Waals surface area contributed by atoms with Gasteiger partial charge in [0.1, 0.15) is 0 Å². The Kier molecular flexibility index (Phi) is 6.53. The van der Waals surface area contributed by atoms with Gasteiger partial charge in [0.25, 0.3) is 5.91 Å². The Bertz CT molecular complexity index is 555. The van der Waals surface area contributed by atoms with Gasteiger partial charge in [-0.25, -0.2) is 0 Å². The van der Waals surface area contributed by atoms with E-state index in [4.69, 9.17) is 5.11 Å². The van der Waals surface area contributed by atoms with E-state index < -0.39 is 0 Å². The minimum Gasteiger partial charge on any atom is -0.395 e. The van der Waals surface area contributed by atoms with Crippen LogP contribution in [0.4, 0.5) is 0 Å². The third kappa shape index (κ3) is 4.83. The van der Waals surface area contributed by atoms with E-state index in [1.54, 1.807) is 11.3 Å². The lowest BCUT2D eigenvalue weighted by Gasteiger charge is -2.44. The molecule has 1 saturated carbocycles. The molecule has 1 amide bonds. The molecule has 0 atom stereocenters. The Morgan fingerprint density at radius 3 is 2.68 bits per heavy atom. The molecule has 0 bridgehead atoms. The van der Waals surface area contributed by atoms with Crippen molar-refractivity contribution in [1.82, 2.24) is 10.2 Å². The number of hydrogen-bond donors (Lipinski definition) is 2. The van der Waals surface area contributed by atoms with Gasteiger partial charge in [-0.1, -0.05) is 19.3 Å². The summed E-state index contributed by atoms with van der Waals surface area (Å²) >= 11 is 1.71. The van der Waals surface area contributed by atoms with Crippen LogP contribution in [0.5, 0.6) is 0 Å². The summed E-state index contributed by atoms with van der Waals surface area (Å²) in [5.74, 6) is 0.104. The predicted molar refractivity (Wildman–Crippen MR) is 103 cm³/mol. The highest BCUT2D eigenvalue weighted by Crippen LogP contribution is 2.41. The van der Waals surface area contributed by atoms with E-state index in [1.165, 1.54) is 55.4 Å². The first-order chi connectivity index (χ1) is 12.1. The molecule has 1 fully saturated rings. The number of nitrogens with zero attached hydrogens (tertiary/aromatic N) is 1. The van der Waals surface area contributed by atoms with Gasteiger partial charge in [-0.05, 0) is 57.2 Å². The van der Waals surface area contributed by atoms with Gasteiger partial charge in [-0.2, -0.15) is 0 Å². The first-order valence-electron chi connectivity index (χ1n) is 9.81. The molecule has 0 aliphatic heterocycles. The van der Waals surface area contributed by atoms with Crippen LogP contribution in [0.2, 0.25) is 0 Å². The SMILES string of the molecule is CN(CCO)CC1(CNC(=O)c2cc3c(s2)CCCCCC3)CCC1. The van der Waals surface area contributed by atoms with Crippen molar-refractivity contribution >= 4 is 17.2 Å². The molecule has 0 spiro atoms. The number of thiophene rings is 1. The number of fused-ring (bicyclic) bond motifs is 1. The quantitative estimate of drug-likeness (QED) is 0.781. The van der Waals surface area contributed by atoms with Crippen LogP contribution in [0.1, 0.15) is 65.1 Å². The van der Waals surface area contributed by atoms with Crippen molar-refractivity contribution in [2.24, 2.45) is 5.41 Å². The number of likely N-dealkylation sites (N-methyl/N-ethyl adjacent to an activating group) is 1. The molecule has 1 aromatic heterocycles. The summed E-state index contributed by atoms with van der Waals surface area (Å²) in [6.07, 6.45) is 11.0. The average Bonchev–Trinajstić information content (AvgIpc) is 2.92. The van der Waals surface area contributed by atoms with E-state index >= 15 is 0 Å². The summed E-state index contributed by atoms with van der Waals surface area (Å²) in [7, 11) is 2.05. The summed E-state index contributed by atoms with van der Waals surface area (Å²) in [5, 5.41) is 12.3. The molecule has 2 aliphatic rings. The van der Waals surface area contributed by atoms with Gasteiger partial charge < -0.3 is 15.3 Å². The fourth-order valence-corrected chi connectivity index (χ4v) is 5.37. The molecular weight excluding hydrogens is 332 g/mol. The van der Waals surface area contributed by atoms with Crippen LogP contribution in [0, 0.1) is 5.41 Å². The normalized spacial score (nSPS) is 19.6. The summed E-state index contributed by atoms with van der Waals surface area (Å²) in [4.78, 5) is 17.2. The fourth-order valence-electron chi connectivity index (χ4n) is 4.20. The van der Waals surface area contributed by atoms with E-state index in [-0.39, 0.29) is 17.9 Å². The van der Waals surface area contributed by atoms with Crippen molar-refractivity contribution < 1.29 is 9.90 Å². The molecule has 2 aliphatic carbocycles. The standard InChI is InChI=1S/C20H32N2O2S/c1-22(11-12-23)15-20(9-6-10-20)14-21-19(24)18-13-16-7-4-2-3-5-8-17(16)25-18/h13,23H,2-12,14-15H2,1H3,(H,21,24). The van der Waals surface area contributed by atoms with Gasteiger partial charge in [0, 0.05) is 29.9 Å². The number of amides is 1. The summed E-state index contributed by atoms with van der Waals surface area (Å²) in [6, 6.07) is 2.14. The Balaban J connectivity index is 1.57. The summed E-state index contributed by atoms with van der Waals surface area (Å²) < 4.78 is 0. The zero-order valence-corrected chi connectivity index (χ0v) is 16.3. The van der Waals surface area contributed by atoms with E-state index in [0.717, 1.165) is 30.8 Å². The number of hydrogen-bond acceptors (Lipinski definition) is 4. The number of carbonyl (C=O) groups is 1. The van der Waals surface area contributed by atoms with E-state index in [1.807, 2.05) is 0 Å². The van der Waals surface area contributed by atoms with Crippen LogP contribution >= 0.6 is 11.3 Å². The number of aliphatic hydroxyl groups is 1. The van der Waals surface area contributed by atoms with E-state index in [2.05, 4.69) is 23.3 Å². The minimum atomic E-state index is 0.104. The highest BCUT2D eigenvalue weighted by atomic mass is 32.1. The van der Waals surface area contributed by atoms with Crippen molar-refractivity contribution in [2.45, 2.75) is 57.8 Å². The molecule has 2 N–H and O–H groups in total. The summed E-state index contributed by atoms with van der Waals surface area (Å²) in [6.45, 7) is 2.60. The first kappa shape index (κ1) is 18.9. The van der Waals surface area contributed by atoms with Crippen molar-refractivity contribution in [3.63, 3.8) is 0 Å². The molecule has 140 valence electrons. The maximum Gasteiger partial charge on any atom is 0.261 e. The van der Waals surface area contributed by atoms with E-state index in [0.29, 0.717) is 6.54 Å². The number of carbonyl (C=O) groups excluding carboxylic acids is 1. The molecule has 1 heterocycles. The third-order valence-corrected chi connectivity index (χ3v) is 7.08. The highest BCUT2D eigenvalue weighted by Gasteiger charge is 2.38. The highest BCUT2D eigenvalue weighted by molar-refractivity contribution is 7.14. The van der Waals surface area contributed by atoms with Gasteiger partial charge in [0.2, 0.25) is 0 Å². The first-order valence-corrected chi connectivity index (χ1v) is 10.6. The van der Waals surface area contributed by atoms with Crippen LogP contribution in [0.3, 0.4) is 0 Å². The van der Waals surface area contributed by atoms with Crippen LogP contribution < -0.4 is 5.32 Å². The molecule has 0 aromatic carbocycles. The smallest absolute Gasteiger partial charge is 0.261 e. The number of aliphatic hydroxyl groups excluding tert-OH is 1. The summed E-state index contributed by atoms with van der Waals surface area (Å²) in [5.41, 5.74) is 1.61. The molecule has 1 aromatic rings. The van der Waals surface area contributed by atoms with E-state index in [9.17, 15) is 4.79 Å². The molecule has 0 radical (unpaired) electrons. The van der Waals surface area contributed by atoms with Crippen molar-refractivity contribution in [2.75, 3.05) is 33.3 Å². The van der Waals surface area contributed by atoms with Gasteiger partial charge in [0.05, 0.1) is 11.5 Å². The van der Waals surface area contributed by atoms with Crippen LogP contribution in [-0.2, 0) is 12.8 Å². The lowest BCUT2D eigenvalue weighted by Crippen LogP contribution is -2.49. The lowest BCUT2D eigenvalue weighted by molar-refractivity contribution is 0.0634. The van der Waals surface area contributed by atoms with Crippen LogP contribution in [0.15, 0.2) is 6.07 Å². The molecule has 25 heavy (non-hydrogen) atoms. The zero-order valence-electron chi connectivity index (χ0n) is 15.5. The molecule has 0 unspecified atom stereocenters. The molecule has 0 saturated heterocycles. The number of nitrogens with one attached hydrogen (secondary N) is 1. The molecule has 4 nitrogen and oxygen atoms in total. The maximum atomic E-state index is 12.7. The van der Waals surface area contributed by atoms with Crippen LogP contribution in [-0.4, -0.2) is 49.2 Å². The topological polar surface area (TPSA) is 52.6 Å². The van der Waals surface area contributed by atoms with Gasteiger partial charge in [-0.3, -0.25) is 4.79 Å². The van der Waals surface area contributed by atoms with Crippen molar-refractivity contribution in [3.8, 4) is 0 Å². The lowest BCUT2D eigenvalue weighted by atomic mass is 9.68. The Morgan fingerprint density at radius 1 is 1.24 bits per heavy atom. The average molecular weight is 365 g/mol. The molecule has 3 rings (SSSR count). The number of aryl methyl sites for hydroxylation is 2. The largest absolute Gasteiger partial charge is 0.395 e. The Labute approximate surface area is 155 Å². The van der Waals surface area contributed by atoms with Gasteiger partial charge in [0.15, 0.2) is 0 Å². The Hall–Kier alpha value is -0.910. The molecule has 5 heteroatoms. The second kappa shape index (κ2) is 8.65. The van der Waals surface area contributed by atoms with Crippen LogP contribution in [0.25, 0.3) is 0 Å².